The Kier molecular flexibility index (Phi) is 3.53. The molecule has 108 valence electrons. The number of oxime groups is 1. The molecule has 5 nitrogen and oxygen atoms in total. The van der Waals surface area contributed by atoms with E-state index in [0.29, 0.717) is 11.3 Å². The number of hydrogen-bond donors (Lipinski definition) is 2. The van der Waals surface area contributed by atoms with Crippen LogP contribution in [-0.2, 0) is 4.74 Å². The number of benzene rings is 1. The minimum absolute atomic E-state index is 0.0501. The van der Waals surface area contributed by atoms with Gasteiger partial charge in [-0.3, -0.25) is 0 Å². The van der Waals surface area contributed by atoms with E-state index in [4.69, 9.17) is 20.4 Å². The Morgan fingerprint density at radius 2 is 2.20 bits per heavy atom. The lowest BCUT2D eigenvalue weighted by molar-refractivity contribution is -0.153. The first kappa shape index (κ1) is 13.2. The van der Waals surface area contributed by atoms with Crippen LogP contribution in [0.15, 0.2) is 29.4 Å². The summed E-state index contributed by atoms with van der Waals surface area (Å²) in [6.45, 7) is 0.746. The van der Waals surface area contributed by atoms with Crippen LogP contribution in [-0.4, -0.2) is 29.4 Å². The number of nitrogens with two attached hydrogens (primary N) is 1. The summed E-state index contributed by atoms with van der Waals surface area (Å²) in [6, 6.07) is 7.39. The van der Waals surface area contributed by atoms with Crippen LogP contribution in [0, 0.1) is 0 Å². The molecular weight excluding hydrogens is 256 g/mol. The fourth-order valence-electron chi connectivity index (χ4n) is 3.02. The van der Waals surface area contributed by atoms with Crippen molar-refractivity contribution in [3.63, 3.8) is 0 Å². The third-order valence-corrected chi connectivity index (χ3v) is 4.28. The Morgan fingerprint density at radius 1 is 1.40 bits per heavy atom. The summed E-state index contributed by atoms with van der Waals surface area (Å²) in [6.07, 6.45) is 5.46. The van der Waals surface area contributed by atoms with Gasteiger partial charge in [0.2, 0.25) is 0 Å². The second-order valence-corrected chi connectivity index (χ2v) is 5.60. The van der Waals surface area contributed by atoms with Crippen LogP contribution in [0.3, 0.4) is 0 Å². The quantitative estimate of drug-likeness (QED) is 0.384. The van der Waals surface area contributed by atoms with Gasteiger partial charge in [0.05, 0.1) is 17.8 Å². The first-order valence-corrected chi connectivity index (χ1v) is 7.10. The smallest absolute Gasteiger partial charge is 0.173 e. The van der Waals surface area contributed by atoms with E-state index in [0.717, 1.165) is 32.3 Å². The Balaban J connectivity index is 1.74. The van der Waals surface area contributed by atoms with Gasteiger partial charge >= 0.3 is 0 Å². The lowest BCUT2D eigenvalue weighted by Crippen LogP contribution is -2.48. The van der Waals surface area contributed by atoms with Gasteiger partial charge in [0.15, 0.2) is 5.84 Å². The topological polar surface area (TPSA) is 77.1 Å². The van der Waals surface area contributed by atoms with Crippen LogP contribution >= 0.6 is 0 Å². The number of hydrogen-bond acceptors (Lipinski definition) is 4. The molecule has 1 aliphatic carbocycles. The van der Waals surface area contributed by atoms with E-state index in [-0.39, 0.29) is 17.5 Å². The molecule has 1 aliphatic heterocycles. The maximum Gasteiger partial charge on any atom is 0.173 e. The molecule has 1 saturated heterocycles. The van der Waals surface area contributed by atoms with Gasteiger partial charge < -0.3 is 20.4 Å². The van der Waals surface area contributed by atoms with Crippen LogP contribution in [0.1, 0.15) is 37.7 Å². The standard InChI is InChI=1S/C15H20N2O3/c16-14(17-18)12-4-1-2-5-13(12)20-11-6-9-19-15(10-11)7-3-8-15/h1-2,4-5,11,18H,3,6-10H2,(H2,16,17). The SMILES string of the molecule is N/C(=N/O)c1ccccc1OC1CCOC2(CCC2)C1. The lowest BCUT2D eigenvalue weighted by atomic mass is 9.74. The molecule has 1 aromatic carbocycles. The summed E-state index contributed by atoms with van der Waals surface area (Å²) in [7, 11) is 0. The van der Waals surface area contributed by atoms with Gasteiger partial charge in [-0.1, -0.05) is 17.3 Å². The van der Waals surface area contributed by atoms with E-state index in [1.54, 1.807) is 6.07 Å². The molecule has 1 saturated carbocycles. The second kappa shape index (κ2) is 5.32. The zero-order chi connectivity index (χ0) is 14.0. The summed E-state index contributed by atoms with van der Waals surface area (Å²) in [5.41, 5.74) is 6.37. The molecule has 5 heteroatoms. The van der Waals surface area contributed by atoms with E-state index in [1.807, 2.05) is 18.2 Å². The maximum absolute atomic E-state index is 8.84. The summed E-state index contributed by atoms with van der Waals surface area (Å²) in [5, 5.41) is 11.9. The molecule has 1 atom stereocenters. The predicted molar refractivity (Wildman–Crippen MR) is 75.1 cm³/mol. The molecule has 3 N–H and O–H groups in total. The van der Waals surface area contributed by atoms with Crippen molar-refractivity contribution in [3.8, 4) is 5.75 Å². The van der Waals surface area contributed by atoms with E-state index in [1.165, 1.54) is 6.42 Å². The Labute approximate surface area is 118 Å². The summed E-state index contributed by atoms with van der Waals surface area (Å²) in [5.74, 6) is 0.746. The summed E-state index contributed by atoms with van der Waals surface area (Å²) in [4.78, 5) is 0. The number of ether oxygens (including phenoxy) is 2. The Morgan fingerprint density at radius 3 is 2.90 bits per heavy atom. The van der Waals surface area contributed by atoms with Crippen molar-refractivity contribution in [2.24, 2.45) is 10.9 Å². The normalized spacial score (nSPS) is 25.2. The largest absolute Gasteiger partial charge is 0.489 e. The van der Waals surface area contributed by atoms with Gasteiger partial charge in [0.1, 0.15) is 11.9 Å². The highest BCUT2D eigenvalue weighted by Crippen LogP contribution is 2.43. The molecule has 1 aromatic rings. The minimum atomic E-state index is 0.0501. The van der Waals surface area contributed by atoms with Gasteiger partial charge in [-0.05, 0) is 31.4 Å². The summed E-state index contributed by atoms with van der Waals surface area (Å²) >= 11 is 0. The Hall–Kier alpha value is -1.75. The van der Waals surface area contributed by atoms with Crippen LogP contribution < -0.4 is 10.5 Å². The predicted octanol–water partition coefficient (Wildman–Crippen LogP) is 2.26. The van der Waals surface area contributed by atoms with E-state index in [9.17, 15) is 0 Å². The van der Waals surface area contributed by atoms with Crippen molar-refractivity contribution < 1.29 is 14.7 Å². The van der Waals surface area contributed by atoms with Gasteiger partial charge in [-0.25, -0.2) is 0 Å². The van der Waals surface area contributed by atoms with Crippen LogP contribution in [0.2, 0.25) is 0 Å². The third kappa shape index (κ3) is 2.45. The molecule has 2 aliphatic rings. The lowest BCUT2D eigenvalue weighted by Gasteiger charge is -2.47. The van der Waals surface area contributed by atoms with Crippen molar-refractivity contribution in [2.45, 2.75) is 43.8 Å². The molecule has 20 heavy (non-hydrogen) atoms. The van der Waals surface area contributed by atoms with Gasteiger partial charge in [0.25, 0.3) is 0 Å². The second-order valence-electron chi connectivity index (χ2n) is 5.60. The summed E-state index contributed by atoms with van der Waals surface area (Å²) < 4.78 is 12.0. The number of amidine groups is 1. The average molecular weight is 276 g/mol. The van der Waals surface area contributed by atoms with Crippen molar-refractivity contribution in [1.29, 1.82) is 0 Å². The van der Waals surface area contributed by atoms with E-state index >= 15 is 0 Å². The molecule has 1 heterocycles. The van der Waals surface area contributed by atoms with Crippen LogP contribution in [0.25, 0.3) is 0 Å². The highest BCUT2D eigenvalue weighted by Gasteiger charge is 2.43. The average Bonchev–Trinajstić information content (AvgIpc) is 2.46. The fourth-order valence-corrected chi connectivity index (χ4v) is 3.02. The fraction of sp³-hybridized carbons (Fsp3) is 0.533. The maximum atomic E-state index is 8.84. The van der Waals surface area contributed by atoms with Crippen molar-refractivity contribution >= 4 is 5.84 Å². The van der Waals surface area contributed by atoms with Gasteiger partial charge in [-0.2, -0.15) is 0 Å². The molecule has 1 spiro atoms. The highest BCUT2D eigenvalue weighted by molar-refractivity contribution is 5.99. The van der Waals surface area contributed by atoms with Gasteiger partial charge in [0, 0.05) is 12.8 Å². The molecular formula is C15H20N2O3. The number of rotatable bonds is 3. The molecule has 0 radical (unpaired) electrons. The molecule has 1 unspecified atom stereocenters. The van der Waals surface area contributed by atoms with Crippen molar-refractivity contribution in [1.82, 2.24) is 0 Å². The van der Waals surface area contributed by atoms with Crippen molar-refractivity contribution in [2.75, 3.05) is 6.61 Å². The minimum Gasteiger partial charge on any atom is -0.489 e. The van der Waals surface area contributed by atoms with Crippen LogP contribution in [0.5, 0.6) is 5.75 Å². The first-order chi connectivity index (χ1) is 9.72. The monoisotopic (exact) mass is 276 g/mol. The zero-order valence-electron chi connectivity index (χ0n) is 11.4. The number of para-hydroxylation sites is 1. The molecule has 0 bridgehead atoms. The van der Waals surface area contributed by atoms with E-state index < -0.39 is 0 Å². The first-order valence-electron chi connectivity index (χ1n) is 7.10. The Bertz CT molecular complexity index is 512. The number of nitrogens with zero attached hydrogens (tertiary/aromatic N) is 1. The van der Waals surface area contributed by atoms with E-state index in [2.05, 4.69) is 5.16 Å². The molecule has 3 rings (SSSR count). The molecule has 0 aromatic heterocycles. The zero-order valence-corrected chi connectivity index (χ0v) is 11.4. The third-order valence-electron chi connectivity index (χ3n) is 4.28. The molecule has 0 amide bonds. The van der Waals surface area contributed by atoms with Crippen molar-refractivity contribution in [3.05, 3.63) is 29.8 Å². The highest BCUT2D eigenvalue weighted by atomic mass is 16.5. The van der Waals surface area contributed by atoms with Gasteiger partial charge in [-0.15, -0.1) is 0 Å². The van der Waals surface area contributed by atoms with Crippen LogP contribution in [0.4, 0.5) is 0 Å². The molecule has 2 fully saturated rings.